The Morgan fingerprint density at radius 3 is 1.49 bits per heavy atom. The van der Waals surface area contributed by atoms with Crippen LogP contribution in [0.5, 0.6) is 0 Å². The third-order valence-electron chi connectivity index (χ3n) is 21.0. The molecule has 0 saturated heterocycles. The number of fused-ring (bicyclic) bond motifs is 1. The van der Waals surface area contributed by atoms with Crippen molar-refractivity contribution in [3.05, 3.63) is 23.8 Å². The largest absolute Gasteiger partial charge is 0.0999 e. The van der Waals surface area contributed by atoms with Crippen LogP contribution in [-0.4, -0.2) is 0 Å². The maximum Gasteiger partial charge on any atom is -0.00850 e. The van der Waals surface area contributed by atoms with Gasteiger partial charge in [0.15, 0.2) is 0 Å². The van der Waals surface area contributed by atoms with Crippen LogP contribution in [0.1, 0.15) is 197 Å². The fourth-order valence-corrected chi connectivity index (χ4v) is 15.4. The van der Waals surface area contributed by atoms with Gasteiger partial charge in [0.25, 0.3) is 0 Å². The molecular weight excluding hydrogens is 589 g/mol. The topological polar surface area (TPSA) is 0 Å². The molecule has 9 fully saturated rings. The quantitative estimate of drug-likeness (QED) is 0.263. The van der Waals surface area contributed by atoms with Crippen molar-refractivity contribution < 1.29 is 0 Å². The van der Waals surface area contributed by atoms with Crippen LogP contribution in [-0.2, 0) is 0 Å². The highest BCUT2D eigenvalue weighted by molar-refractivity contribution is 5.24. The Balaban J connectivity index is 0.000000107. The highest BCUT2D eigenvalue weighted by Gasteiger charge is 2.71. The number of hydrogen-bond acceptors (Lipinski definition) is 0. The van der Waals surface area contributed by atoms with Crippen LogP contribution in [0, 0.1) is 85.2 Å². The van der Waals surface area contributed by atoms with E-state index in [1.54, 1.807) is 69.8 Å². The van der Waals surface area contributed by atoms with Crippen LogP contribution in [0.3, 0.4) is 0 Å². The predicted molar refractivity (Wildman–Crippen MR) is 210 cm³/mol. The zero-order valence-electron chi connectivity index (χ0n) is 34.3. The van der Waals surface area contributed by atoms with Crippen molar-refractivity contribution in [2.24, 2.45) is 85.2 Å². The SMILES string of the molecule is C=C(C)C1CCC2=CCC[C@H](C)[C@@]2(C)C1.C[C@H]1CCC2CC23CCC(C2(C)CC2)C[C@]13C.C[C@H]1CCC2C[C@]23CCC(C2(C)CC2)C[C@]13C. The molecule has 2 spiro atoms. The molecule has 0 bridgehead atoms. The van der Waals surface area contributed by atoms with Gasteiger partial charge in [0, 0.05) is 0 Å². The smallest absolute Gasteiger partial charge is 0.00850 e. The zero-order valence-corrected chi connectivity index (χ0v) is 34.3. The summed E-state index contributed by atoms with van der Waals surface area (Å²) in [5, 5.41) is 0. The summed E-state index contributed by atoms with van der Waals surface area (Å²) in [7, 11) is 0. The summed E-state index contributed by atoms with van der Waals surface area (Å²) in [5.74, 6) is 8.03. The zero-order chi connectivity index (χ0) is 34.8. The van der Waals surface area contributed by atoms with Gasteiger partial charge in [-0.25, -0.2) is 0 Å². The third-order valence-corrected chi connectivity index (χ3v) is 21.0. The van der Waals surface area contributed by atoms with Crippen molar-refractivity contribution >= 4 is 0 Å². The Morgan fingerprint density at radius 2 is 1.04 bits per heavy atom. The maximum atomic E-state index is 4.15. The molecule has 0 aliphatic heterocycles. The molecule has 0 radical (unpaired) electrons. The van der Waals surface area contributed by atoms with Crippen LogP contribution in [0.15, 0.2) is 23.8 Å². The molecule has 9 saturated carbocycles. The van der Waals surface area contributed by atoms with Crippen LogP contribution < -0.4 is 0 Å². The monoisotopic (exact) mass is 669 g/mol. The van der Waals surface area contributed by atoms with Gasteiger partial charge < -0.3 is 0 Å². The number of hydrogen-bond donors (Lipinski definition) is 0. The summed E-state index contributed by atoms with van der Waals surface area (Å²) in [6.07, 6.45) is 34.1. The summed E-state index contributed by atoms with van der Waals surface area (Å²) in [6.45, 7) is 26.9. The van der Waals surface area contributed by atoms with Gasteiger partial charge in [0.2, 0.25) is 0 Å². The van der Waals surface area contributed by atoms with Crippen LogP contribution in [0.4, 0.5) is 0 Å². The number of allylic oxidation sites excluding steroid dienone is 3. The first-order valence-electron chi connectivity index (χ1n) is 22.4. The second kappa shape index (κ2) is 11.7. The Kier molecular flexibility index (Phi) is 8.51. The summed E-state index contributed by atoms with van der Waals surface area (Å²) < 4.78 is 0. The number of rotatable bonds is 3. The molecule has 10 rings (SSSR count). The normalized spacial score (nSPS) is 53.4. The van der Waals surface area contributed by atoms with E-state index in [4.69, 9.17) is 0 Å². The Labute approximate surface area is 305 Å². The first-order valence-corrected chi connectivity index (χ1v) is 22.4. The lowest BCUT2D eigenvalue weighted by atomic mass is 9.51. The van der Waals surface area contributed by atoms with Gasteiger partial charge in [-0.2, -0.15) is 0 Å². The summed E-state index contributed by atoms with van der Waals surface area (Å²) in [4.78, 5) is 0. The van der Waals surface area contributed by atoms with Gasteiger partial charge in [-0.05, 0) is 227 Å². The molecule has 0 amide bonds. The minimum atomic E-state index is 0.486. The van der Waals surface area contributed by atoms with Crippen molar-refractivity contribution in [1.29, 1.82) is 0 Å². The van der Waals surface area contributed by atoms with E-state index >= 15 is 0 Å². The van der Waals surface area contributed by atoms with E-state index in [1.807, 2.05) is 0 Å². The lowest BCUT2D eigenvalue weighted by Crippen LogP contribution is -2.46. The van der Waals surface area contributed by atoms with Gasteiger partial charge in [0.1, 0.15) is 0 Å². The van der Waals surface area contributed by atoms with Crippen molar-refractivity contribution in [3.8, 4) is 0 Å². The van der Waals surface area contributed by atoms with E-state index in [9.17, 15) is 0 Å². The molecule has 0 aromatic heterocycles. The van der Waals surface area contributed by atoms with E-state index in [2.05, 4.69) is 75.0 Å². The molecule has 10 aliphatic rings. The van der Waals surface area contributed by atoms with E-state index in [0.29, 0.717) is 16.2 Å². The minimum absolute atomic E-state index is 0.486. The fourth-order valence-electron chi connectivity index (χ4n) is 15.4. The van der Waals surface area contributed by atoms with Crippen molar-refractivity contribution in [2.45, 2.75) is 197 Å². The molecule has 276 valence electrons. The second-order valence-electron chi connectivity index (χ2n) is 23.0. The molecule has 0 N–H and O–H groups in total. The van der Waals surface area contributed by atoms with Crippen molar-refractivity contribution in [3.63, 3.8) is 0 Å². The molecule has 6 unspecified atom stereocenters. The fraction of sp³-hybridized carbons (Fsp3) is 0.918. The van der Waals surface area contributed by atoms with Crippen molar-refractivity contribution in [1.82, 2.24) is 0 Å². The van der Waals surface area contributed by atoms with Gasteiger partial charge >= 0.3 is 0 Å². The molecule has 0 aromatic carbocycles. The van der Waals surface area contributed by atoms with Crippen LogP contribution in [0.25, 0.3) is 0 Å². The van der Waals surface area contributed by atoms with E-state index in [-0.39, 0.29) is 0 Å². The Hall–Kier alpha value is -0.520. The first-order chi connectivity index (χ1) is 23.0. The van der Waals surface area contributed by atoms with Crippen LogP contribution in [0.2, 0.25) is 0 Å². The third kappa shape index (κ3) is 5.51. The maximum absolute atomic E-state index is 4.15. The average molecular weight is 669 g/mol. The molecule has 0 aromatic rings. The standard InChI is InChI=1S/2C17H28.C15H24/c2*1-12-4-5-14-11-17(14)7-6-13(10-16(12,17)3)15(2)8-9-15;1-11(2)13-8-9-14-7-5-6-12(3)15(14,4)10-13/h2*12-14H,4-11H2,1-3H3;7,12-13H,1,5-6,8-10H2,2-4H3/t12-,13?,14?,16+,17?;12-,13?,14?,16+,17+;12-,13?,15+/m000/s1. The summed E-state index contributed by atoms with van der Waals surface area (Å²) in [5.41, 5.74) is 8.25. The van der Waals surface area contributed by atoms with Gasteiger partial charge in [-0.15, -0.1) is 0 Å². The lowest BCUT2D eigenvalue weighted by Gasteiger charge is -2.54. The summed E-state index contributed by atoms with van der Waals surface area (Å²) >= 11 is 0. The van der Waals surface area contributed by atoms with Gasteiger partial charge in [-0.3, -0.25) is 0 Å². The molecule has 10 aliphatic carbocycles. The Bertz CT molecular complexity index is 1250. The first kappa shape index (κ1) is 35.5. The Morgan fingerprint density at radius 1 is 0.551 bits per heavy atom. The lowest BCUT2D eigenvalue weighted by molar-refractivity contribution is -0.0461. The van der Waals surface area contributed by atoms with E-state index < -0.39 is 0 Å². The molecule has 0 heterocycles. The average Bonchev–Trinajstić information content (AvgIpc) is 3.90. The molecule has 13 atom stereocenters. The highest BCUT2D eigenvalue weighted by atomic mass is 14.8. The van der Waals surface area contributed by atoms with Crippen molar-refractivity contribution in [2.75, 3.05) is 0 Å². The van der Waals surface area contributed by atoms with Gasteiger partial charge in [0.05, 0.1) is 0 Å². The van der Waals surface area contributed by atoms with Gasteiger partial charge in [-0.1, -0.05) is 79.2 Å². The van der Waals surface area contributed by atoms with Crippen LogP contribution >= 0.6 is 0 Å². The van der Waals surface area contributed by atoms with E-state index in [0.717, 1.165) is 69.0 Å². The second-order valence-corrected chi connectivity index (χ2v) is 23.0. The minimum Gasteiger partial charge on any atom is -0.0999 e. The molecule has 0 nitrogen and oxygen atoms in total. The van der Waals surface area contributed by atoms with E-state index in [1.165, 1.54) is 76.2 Å². The molecule has 0 heteroatoms. The molecule has 49 heavy (non-hydrogen) atoms. The summed E-state index contributed by atoms with van der Waals surface area (Å²) in [6, 6.07) is 0. The highest BCUT2D eigenvalue weighted by Crippen LogP contribution is 2.80. The predicted octanol–water partition coefficient (Wildman–Crippen LogP) is 14.8. The molecular formula is C49H80.